The second kappa shape index (κ2) is 5.64. The molecule has 0 saturated carbocycles. The maximum absolute atomic E-state index is 14.0. The van der Waals surface area contributed by atoms with E-state index in [1.165, 1.54) is 0 Å². The predicted molar refractivity (Wildman–Crippen MR) is 75.7 cm³/mol. The Morgan fingerprint density at radius 2 is 2.35 bits per heavy atom. The van der Waals surface area contributed by atoms with Crippen LogP contribution < -0.4 is 0 Å². The number of hydrogen-bond donors (Lipinski definition) is 0. The van der Waals surface area contributed by atoms with Gasteiger partial charge in [0.1, 0.15) is 0 Å². The molecule has 4 heteroatoms. The van der Waals surface area contributed by atoms with Crippen molar-refractivity contribution in [3.63, 3.8) is 0 Å². The van der Waals surface area contributed by atoms with Crippen molar-refractivity contribution in [2.45, 2.75) is 38.8 Å². The van der Waals surface area contributed by atoms with Crippen molar-refractivity contribution in [3.05, 3.63) is 29.7 Å². The molecule has 0 aliphatic carbocycles. The zero-order valence-electron chi connectivity index (χ0n) is 11.5. The second-order valence-electron chi connectivity index (χ2n) is 4.94. The van der Waals surface area contributed by atoms with E-state index in [9.17, 15) is 4.39 Å². The third-order valence-corrected chi connectivity index (χ3v) is 3.50. The fourth-order valence-electron chi connectivity index (χ4n) is 2.51. The summed E-state index contributed by atoms with van der Waals surface area (Å²) in [7, 11) is 0. The summed E-state index contributed by atoms with van der Waals surface area (Å²) < 4.78 is 21.4. The fraction of sp³-hybridized carbons (Fsp3) is 0.438. The molecule has 0 radical (unpaired) electrons. The van der Waals surface area contributed by atoms with Gasteiger partial charge in [-0.2, -0.15) is 4.39 Å². The van der Waals surface area contributed by atoms with Gasteiger partial charge in [0.2, 0.25) is 5.95 Å². The van der Waals surface area contributed by atoms with E-state index >= 15 is 0 Å². The van der Waals surface area contributed by atoms with Crippen LogP contribution in [0.5, 0.6) is 0 Å². The monoisotopic (exact) mass is 272 g/mol. The smallest absolute Gasteiger partial charge is 0.240 e. The highest BCUT2D eigenvalue weighted by molar-refractivity contribution is 5.81. The number of rotatable bonds is 1. The molecule has 1 aromatic heterocycles. The van der Waals surface area contributed by atoms with Crippen LogP contribution in [0, 0.1) is 17.8 Å². The summed E-state index contributed by atoms with van der Waals surface area (Å²) in [6.07, 6.45) is 3.68. The first kappa shape index (κ1) is 13.1. The van der Waals surface area contributed by atoms with Crippen LogP contribution in [0.25, 0.3) is 10.9 Å². The van der Waals surface area contributed by atoms with Crippen LogP contribution in [-0.4, -0.2) is 16.4 Å². The molecule has 1 unspecified atom stereocenters. The van der Waals surface area contributed by atoms with Crippen LogP contribution in [0.3, 0.4) is 0 Å². The number of benzene rings is 1. The van der Waals surface area contributed by atoms with Gasteiger partial charge in [-0.15, -0.1) is 5.10 Å². The Kier molecular flexibility index (Phi) is 3.70. The SMILES string of the molecule is CCC#Cc1ccc2c(c1)c(F)nn2C1CCCCO1. The summed E-state index contributed by atoms with van der Waals surface area (Å²) >= 11 is 0. The molecule has 0 bridgehead atoms. The van der Waals surface area contributed by atoms with Crippen LogP contribution in [-0.2, 0) is 4.74 Å². The minimum Gasteiger partial charge on any atom is -0.356 e. The van der Waals surface area contributed by atoms with Crippen molar-refractivity contribution in [2.75, 3.05) is 6.61 Å². The molecule has 0 spiro atoms. The molecule has 2 heterocycles. The lowest BCUT2D eigenvalue weighted by atomic mass is 10.1. The number of aromatic nitrogens is 2. The maximum Gasteiger partial charge on any atom is 0.240 e. The van der Waals surface area contributed by atoms with E-state index in [1.807, 2.05) is 19.1 Å². The van der Waals surface area contributed by atoms with Gasteiger partial charge in [-0.1, -0.05) is 18.8 Å². The first-order chi connectivity index (χ1) is 9.79. The van der Waals surface area contributed by atoms with E-state index in [4.69, 9.17) is 4.74 Å². The zero-order chi connectivity index (χ0) is 13.9. The van der Waals surface area contributed by atoms with Crippen molar-refractivity contribution in [3.8, 4) is 11.8 Å². The topological polar surface area (TPSA) is 27.1 Å². The van der Waals surface area contributed by atoms with E-state index in [0.29, 0.717) is 12.0 Å². The number of hydrogen-bond acceptors (Lipinski definition) is 2. The highest BCUT2D eigenvalue weighted by Crippen LogP contribution is 2.28. The molecular formula is C16H17FN2O. The van der Waals surface area contributed by atoms with Crippen molar-refractivity contribution in [2.24, 2.45) is 0 Å². The molecule has 3 rings (SSSR count). The van der Waals surface area contributed by atoms with Crippen molar-refractivity contribution in [1.29, 1.82) is 0 Å². The molecule has 20 heavy (non-hydrogen) atoms. The minimum absolute atomic E-state index is 0.150. The van der Waals surface area contributed by atoms with Gasteiger partial charge >= 0.3 is 0 Å². The summed E-state index contributed by atoms with van der Waals surface area (Å²) in [5.41, 5.74) is 1.60. The van der Waals surface area contributed by atoms with E-state index in [0.717, 1.165) is 36.8 Å². The molecule has 1 aliphatic rings. The highest BCUT2D eigenvalue weighted by atomic mass is 19.1. The largest absolute Gasteiger partial charge is 0.356 e. The van der Waals surface area contributed by atoms with Gasteiger partial charge in [0.25, 0.3) is 0 Å². The summed E-state index contributed by atoms with van der Waals surface area (Å²) in [5, 5.41) is 4.53. The predicted octanol–water partition coefficient (Wildman–Crippen LogP) is 3.64. The maximum atomic E-state index is 14.0. The Hall–Kier alpha value is -1.86. The molecule has 104 valence electrons. The lowest BCUT2D eigenvalue weighted by molar-refractivity contribution is -0.0375. The Morgan fingerprint density at radius 3 is 3.10 bits per heavy atom. The van der Waals surface area contributed by atoms with E-state index in [-0.39, 0.29) is 6.23 Å². The molecule has 1 atom stereocenters. The Bertz CT molecular complexity index is 675. The van der Waals surface area contributed by atoms with Gasteiger partial charge < -0.3 is 4.74 Å². The Morgan fingerprint density at radius 1 is 1.45 bits per heavy atom. The molecule has 0 N–H and O–H groups in total. The Balaban J connectivity index is 2.02. The van der Waals surface area contributed by atoms with Crippen LogP contribution >= 0.6 is 0 Å². The van der Waals surface area contributed by atoms with Crippen molar-refractivity contribution in [1.82, 2.24) is 9.78 Å². The quantitative estimate of drug-likeness (QED) is 0.741. The highest BCUT2D eigenvalue weighted by Gasteiger charge is 2.21. The van der Waals surface area contributed by atoms with Gasteiger partial charge in [-0.05, 0) is 37.5 Å². The zero-order valence-corrected chi connectivity index (χ0v) is 11.5. The lowest BCUT2D eigenvalue weighted by Gasteiger charge is -2.23. The van der Waals surface area contributed by atoms with E-state index in [1.54, 1.807) is 10.7 Å². The number of fused-ring (bicyclic) bond motifs is 1. The fourth-order valence-corrected chi connectivity index (χ4v) is 2.51. The Labute approximate surface area is 117 Å². The van der Waals surface area contributed by atoms with Gasteiger partial charge in [0, 0.05) is 18.6 Å². The van der Waals surface area contributed by atoms with E-state index < -0.39 is 5.95 Å². The number of ether oxygens (including phenoxy) is 1. The molecule has 1 fully saturated rings. The molecule has 3 nitrogen and oxygen atoms in total. The van der Waals surface area contributed by atoms with Crippen LogP contribution in [0.2, 0.25) is 0 Å². The number of nitrogens with zero attached hydrogens (tertiary/aromatic N) is 2. The van der Waals surface area contributed by atoms with Crippen LogP contribution in [0.1, 0.15) is 44.4 Å². The van der Waals surface area contributed by atoms with Gasteiger partial charge in [-0.3, -0.25) is 0 Å². The molecule has 1 aliphatic heterocycles. The van der Waals surface area contributed by atoms with E-state index in [2.05, 4.69) is 16.9 Å². The summed E-state index contributed by atoms with van der Waals surface area (Å²) in [6.45, 7) is 2.71. The summed E-state index contributed by atoms with van der Waals surface area (Å²) in [4.78, 5) is 0. The lowest BCUT2D eigenvalue weighted by Crippen LogP contribution is -2.19. The second-order valence-corrected chi connectivity index (χ2v) is 4.94. The normalized spacial score (nSPS) is 18.8. The number of halogens is 1. The van der Waals surface area contributed by atoms with Gasteiger partial charge in [0.15, 0.2) is 6.23 Å². The standard InChI is InChI=1S/C16H17FN2O/c1-2-3-6-12-8-9-14-13(11-12)16(17)18-19(14)15-7-4-5-10-20-15/h8-9,11,15H,2,4-5,7,10H2,1H3. The third-order valence-electron chi connectivity index (χ3n) is 3.50. The van der Waals surface area contributed by atoms with Crippen LogP contribution in [0.15, 0.2) is 18.2 Å². The molecule has 2 aromatic rings. The minimum atomic E-state index is -0.450. The van der Waals surface area contributed by atoms with Crippen LogP contribution in [0.4, 0.5) is 4.39 Å². The molecule has 1 saturated heterocycles. The average Bonchev–Trinajstić information content (AvgIpc) is 2.83. The van der Waals surface area contributed by atoms with Gasteiger partial charge in [0.05, 0.1) is 10.9 Å². The van der Waals surface area contributed by atoms with Crippen molar-refractivity contribution >= 4 is 10.9 Å². The first-order valence-corrected chi connectivity index (χ1v) is 7.08. The average molecular weight is 272 g/mol. The van der Waals surface area contributed by atoms with Gasteiger partial charge in [-0.25, -0.2) is 4.68 Å². The third kappa shape index (κ3) is 2.41. The molecule has 0 amide bonds. The summed E-state index contributed by atoms with van der Waals surface area (Å²) in [5.74, 6) is 5.56. The summed E-state index contributed by atoms with van der Waals surface area (Å²) in [6, 6.07) is 5.55. The molecular weight excluding hydrogens is 255 g/mol. The van der Waals surface area contributed by atoms with Crippen molar-refractivity contribution < 1.29 is 9.13 Å². The first-order valence-electron chi connectivity index (χ1n) is 7.08. The molecule has 1 aromatic carbocycles.